The van der Waals surface area contributed by atoms with Crippen molar-refractivity contribution in [2.24, 2.45) is 0 Å². The van der Waals surface area contributed by atoms with Gasteiger partial charge in [0.25, 0.3) is 0 Å². The van der Waals surface area contributed by atoms with Gasteiger partial charge >= 0.3 is 0 Å². The summed E-state index contributed by atoms with van der Waals surface area (Å²) in [5, 5.41) is 4.00. The molecule has 0 heterocycles. The molecule has 3 heteroatoms. The highest BCUT2D eigenvalue weighted by Crippen LogP contribution is 2.32. The molecule has 0 bridgehead atoms. The summed E-state index contributed by atoms with van der Waals surface area (Å²) in [5.41, 5.74) is 4.59. The summed E-state index contributed by atoms with van der Waals surface area (Å²) < 4.78 is 0. The number of nitrogens with one attached hydrogen (secondary N) is 1. The minimum Gasteiger partial charge on any atom is -0.343 e. The molecule has 0 aliphatic rings. The summed E-state index contributed by atoms with van der Waals surface area (Å²) in [6.45, 7) is 4.21. The van der Waals surface area contributed by atoms with E-state index in [4.69, 9.17) is 11.6 Å². The number of hydrogen-bond donors (Lipinski definition) is 1. The van der Waals surface area contributed by atoms with Gasteiger partial charge < -0.3 is 10.2 Å². The van der Waals surface area contributed by atoms with Crippen LogP contribution in [0.25, 0.3) is 0 Å². The van der Waals surface area contributed by atoms with Crippen molar-refractivity contribution in [3.05, 3.63) is 58.6 Å². The average molecular weight is 289 g/mol. The molecule has 0 saturated heterocycles. The van der Waals surface area contributed by atoms with Gasteiger partial charge in [0.1, 0.15) is 0 Å². The lowest BCUT2D eigenvalue weighted by Crippen LogP contribution is -2.14. The van der Waals surface area contributed by atoms with E-state index < -0.39 is 0 Å². The predicted molar refractivity (Wildman–Crippen MR) is 88.2 cm³/mol. The second-order valence-corrected chi connectivity index (χ2v) is 5.53. The third-order valence-electron chi connectivity index (χ3n) is 3.66. The van der Waals surface area contributed by atoms with Crippen LogP contribution in [0.1, 0.15) is 24.1 Å². The Morgan fingerprint density at radius 2 is 1.90 bits per heavy atom. The van der Waals surface area contributed by atoms with E-state index >= 15 is 0 Å². The van der Waals surface area contributed by atoms with Crippen LogP contribution in [0.15, 0.2) is 42.5 Å². The minimum absolute atomic E-state index is 0.297. The maximum absolute atomic E-state index is 6.45. The Hall–Kier alpha value is -1.51. The van der Waals surface area contributed by atoms with Gasteiger partial charge in [0.05, 0.1) is 10.7 Å². The van der Waals surface area contributed by atoms with Crippen molar-refractivity contribution in [3.63, 3.8) is 0 Å². The molecule has 0 saturated carbocycles. The van der Waals surface area contributed by atoms with E-state index in [1.165, 1.54) is 11.1 Å². The fourth-order valence-corrected chi connectivity index (χ4v) is 2.52. The van der Waals surface area contributed by atoms with Crippen molar-refractivity contribution < 1.29 is 0 Å². The normalized spacial score (nSPS) is 12.2. The van der Waals surface area contributed by atoms with E-state index in [9.17, 15) is 0 Å². The lowest BCUT2D eigenvalue weighted by Gasteiger charge is -2.22. The Balaban J connectivity index is 2.33. The molecule has 2 rings (SSSR count). The summed E-state index contributed by atoms with van der Waals surface area (Å²) >= 11 is 6.45. The highest BCUT2D eigenvalue weighted by molar-refractivity contribution is 6.33. The zero-order valence-electron chi connectivity index (χ0n) is 12.4. The van der Waals surface area contributed by atoms with Gasteiger partial charge in [-0.3, -0.25) is 0 Å². The summed E-state index contributed by atoms with van der Waals surface area (Å²) in [6.07, 6.45) is 0. The van der Waals surface area contributed by atoms with Crippen LogP contribution < -0.4 is 10.2 Å². The second kappa shape index (κ2) is 6.29. The van der Waals surface area contributed by atoms with Gasteiger partial charge in [0, 0.05) is 18.8 Å². The molecule has 0 spiro atoms. The summed E-state index contributed by atoms with van der Waals surface area (Å²) in [4.78, 5) is 2.11. The molecule has 0 aromatic heterocycles. The molecule has 0 aliphatic carbocycles. The second-order valence-electron chi connectivity index (χ2n) is 5.12. The SMILES string of the molecule is CNC(C)c1ccc(N(C)c2cccc(C)c2)c(Cl)c1. The van der Waals surface area contributed by atoms with Gasteiger partial charge in [-0.15, -0.1) is 0 Å². The van der Waals surface area contributed by atoms with Gasteiger partial charge in [-0.2, -0.15) is 0 Å². The van der Waals surface area contributed by atoms with E-state index in [-0.39, 0.29) is 0 Å². The molecular weight excluding hydrogens is 268 g/mol. The molecular formula is C17H21ClN2. The van der Waals surface area contributed by atoms with Crippen LogP contribution >= 0.6 is 11.6 Å². The molecule has 106 valence electrons. The first-order chi connectivity index (χ1) is 9.52. The van der Waals surface area contributed by atoms with E-state index in [0.717, 1.165) is 16.4 Å². The Morgan fingerprint density at radius 1 is 1.15 bits per heavy atom. The lowest BCUT2D eigenvalue weighted by atomic mass is 10.1. The van der Waals surface area contributed by atoms with Crippen molar-refractivity contribution in [1.29, 1.82) is 0 Å². The van der Waals surface area contributed by atoms with Gasteiger partial charge in [-0.05, 0) is 56.3 Å². The Labute approximate surface area is 126 Å². The molecule has 0 radical (unpaired) electrons. The van der Waals surface area contributed by atoms with Crippen LogP contribution in [-0.4, -0.2) is 14.1 Å². The Morgan fingerprint density at radius 3 is 2.50 bits per heavy atom. The van der Waals surface area contributed by atoms with Crippen LogP contribution in [0.3, 0.4) is 0 Å². The van der Waals surface area contributed by atoms with Gasteiger partial charge in [-0.1, -0.05) is 29.8 Å². The first kappa shape index (κ1) is 14.9. The van der Waals surface area contributed by atoms with Gasteiger partial charge in [0.15, 0.2) is 0 Å². The number of rotatable bonds is 4. The summed E-state index contributed by atoms with van der Waals surface area (Å²) in [6, 6.07) is 14.9. The zero-order chi connectivity index (χ0) is 14.7. The Bertz CT molecular complexity index is 595. The van der Waals surface area contributed by atoms with E-state index in [1.54, 1.807) is 0 Å². The monoisotopic (exact) mass is 288 g/mol. The number of halogens is 1. The number of benzene rings is 2. The number of anilines is 2. The first-order valence-electron chi connectivity index (χ1n) is 6.80. The molecule has 0 amide bonds. The van der Waals surface area contributed by atoms with Crippen molar-refractivity contribution >= 4 is 23.0 Å². The summed E-state index contributed by atoms with van der Waals surface area (Å²) in [5.74, 6) is 0. The van der Waals surface area contributed by atoms with Crippen LogP contribution in [0.5, 0.6) is 0 Å². The largest absolute Gasteiger partial charge is 0.343 e. The fraction of sp³-hybridized carbons (Fsp3) is 0.294. The van der Waals surface area contributed by atoms with Crippen LogP contribution in [0.4, 0.5) is 11.4 Å². The van der Waals surface area contributed by atoms with Crippen molar-refractivity contribution in [2.75, 3.05) is 19.0 Å². The lowest BCUT2D eigenvalue weighted by molar-refractivity contribution is 0.652. The maximum atomic E-state index is 6.45. The minimum atomic E-state index is 0.297. The predicted octanol–water partition coefficient (Wildman–Crippen LogP) is 4.70. The van der Waals surface area contributed by atoms with Crippen molar-refractivity contribution in [1.82, 2.24) is 5.32 Å². The quantitative estimate of drug-likeness (QED) is 0.877. The molecule has 1 atom stereocenters. The molecule has 20 heavy (non-hydrogen) atoms. The first-order valence-corrected chi connectivity index (χ1v) is 7.18. The number of hydrogen-bond acceptors (Lipinski definition) is 2. The highest BCUT2D eigenvalue weighted by atomic mass is 35.5. The molecule has 2 aromatic carbocycles. The third-order valence-corrected chi connectivity index (χ3v) is 3.96. The molecule has 1 N–H and O–H groups in total. The number of nitrogens with zero attached hydrogens (tertiary/aromatic N) is 1. The van der Waals surface area contributed by atoms with Gasteiger partial charge in [0.2, 0.25) is 0 Å². The molecule has 0 aliphatic heterocycles. The smallest absolute Gasteiger partial charge is 0.0646 e. The highest BCUT2D eigenvalue weighted by Gasteiger charge is 2.11. The van der Waals surface area contributed by atoms with Crippen LogP contribution in [0, 0.1) is 6.92 Å². The molecule has 2 nitrogen and oxygen atoms in total. The Kier molecular flexibility index (Phi) is 4.69. The third kappa shape index (κ3) is 3.14. The molecule has 0 fully saturated rings. The summed E-state index contributed by atoms with van der Waals surface area (Å²) in [7, 11) is 3.99. The van der Waals surface area contributed by atoms with E-state index in [1.807, 2.05) is 20.2 Å². The molecule has 2 aromatic rings. The van der Waals surface area contributed by atoms with Crippen LogP contribution in [0.2, 0.25) is 5.02 Å². The topological polar surface area (TPSA) is 15.3 Å². The zero-order valence-corrected chi connectivity index (χ0v) is 13.2. The van der Waals surface area contributed by atoms with Gasteiger partial charge in [-0.25, -0.2) is 0 Å². The molecule has 1 unspecified atom stereocenters. The van der Waals surface area contributed by atoms with E-state index in [2.05, 4.69) is 60.5 Å². The average Bonchev–Trinajstić information content (AvgIpc) is 2.45. The van der Waals surface area contributed by atoms with Crippen molar-refractivity contribution in [2.45, 2.75) is 19.9 Å². The number of aryl methyl sites for hydroxylation is 1. The maximum Gasteiger partial charge on any atom is 0.0646 e. The van der Waals surface area contributed by atoms with E-state index in [0.29, 0.717) is 6.04 Å². The standard InChI is InChI=1S/C17H21ClN2/c1-12-6-5-7-15(10-12)20(4)17-9-8-14(11-16(17)18)13(2)19-3/h5-11,13,19H,1-4H3. The van der Waals surface area contributed by atoms with Crippen LogP contribution in [-0.2, 0) is 0 Å². The fourth-order valence-electron chi connectivity index (χ4n) is 2.21. The van der Waals surface area contributed by atoms with Crippen molar-refractivity contribution in [3.8, 4) is 0 Å².